The molecule has 2 aliphatic rings. The molecule has 0 radical (unpaired) electrons. The fourth-order valence-corrected chi connectivity index (χ4v) is 5.14. The van der Waals surface area contributed by atoms with E-state index in [1.165, 1.54) is 24.0 Å². The lowest BCUT2D eigenvalue weighted by atomic mass is 9.72. The number of nitrogens with one attached hydrogen (secondary N) is 1. The molecule has 1 aromatic carbocycles. The van der Waals surface area contributed by atoms with Crippen LogP contribution in [0.2, 0.25) is 0 Å². The second kappa shape index (κ2) is 7.74. The number of hydrogen-bond donors (Lipinski definition) is 2. The van der Waals surface area contributed by atoms with Crippen LogP contribution in [0.3, 0.4) is 0 Å². The predicted molar refractivity (Wildman–Crippen MR) is 108 cm³/mol. The van der Waals surface area contributed by atoms with Crippen molar-refractivity contribution in [3.8, 4) is 0 Å². The second-order valence-electron chi connectivity index (χ2n) is 8.28. The molecule has 2 atom stereocenters. The third-order valence-corrected chi connectivity index (χ3v) is 6.70. The first kappa shape index (κ1) is 18.7. The summed E-state index contributed by atoms with van der Waals surface area (Å²) in [6.45, 7) is 6.12. The minimum Gasteiger partial charge on any atom is -0.390 e. The van der Waals surface area contributed by atoms with Gasteiger partial charge >= 0.3 is 0 Å². The molecule has 4 rings (SSSR count). The van der Waals surface area contributed by atoms with Crippen molar-refractivity contribution in [2.45, 2.75) is 56.7 Å². The van der Waals surface area contributed by atoms with Gasteiger partial charge in [-0.05, 0) is 57.1 Å². The minimum absolute atomic E-state index is 0.110. The Morgan fingerprint density at radius 3 is 2.78 bits per heavy atom. The van der Waals surface area contributed by atoms with Gasteiger partial charge < -0.3 is 10.1 Å². The molecule has 2 aromatic rings. The molecule has 1 aliphatic carbocycles. The highest BCUT2D eigenvalue weighted by Gasteiger charge is 2.53. The maximum Gasteiger partial charge on any atom is 0.120 e. The predicted octanol–water partition coefficient (Wildman–Crippen LogP) is 3.09. The Bertz CT molecular complexity index is 737. The van der Waals surface area contributed by atoms with E-state index in [-0.39, 0.29) is 17.6 Å². The van der Waals surface area contributed by atoms with Gasteiger partial charge in [0.15, 0.2) is 0 Å². The van der Waals surface area contributed by atoms with Crippen LogP contribution in [-0.4, -0.2) is 57.7 Å². The first-order valence-corrected chi connectivity index (χ1v) is 10.3. The number of piperidine rings is 1. The highest BCUT2D eigenvalue weighted by molar-refractivity contribution is 5.45. The number of likely N-dealkylation sites (tertiary alicyclic amines) is 1. The molecule has 27 heavy (non-hydrogen) atoms. The number of aliphatic hydroxyl groups excluding tert-OH is 1. The first-order chi connectivity index (χ1) is 13.2. The number of fused-ring (bicyclic) bond motifs is 2. The average molecular weight is 369 g/mol. The molecule has 0 saturated carbocycles. The van der Waals surface area contributed by atoms with Crippen LogP contribution in [0.15, 0.2) is 36.7 Å². The lowest BCUT2D eigenvalue weighted by molar-refractivity contribution is -0.0102. The molecule has 2 N–H and O–H groups in total. The number of nitrogens with zero attached hydrogens (tertiary/aromatic N) is 3. The molecule has 1 spiro atoms. The summed E-state index contributed by atoms with van der Waals surface area (Å²) in [5.41, 5.74) is 2.60. The van der Waals surface area contributed by atoms with Crippen molar-refractivity contribution in [2.75, 3.05) is 26.7 Å². The van der Waals surface area contributed by atoms with E-state index in [0.29, 0.717) is 0 Å². The topological polar surface area (TPSA) is 55.4 Å². The van der Waals surface area contributed by atoms with Crippen LogP contribution in [0, 0.1) is 0 Å². The van der Waals surface area contributed by atoms with Crippen LogP contribution in [0.4, 0.5) is 0 Å². The van der Waals surface area contributed by atoms with Crippen LogP contribution in [0.25, 0.3) is 0 Å². The molecule has 1 saturated heterocycles. The molecule has 146 valence electrons. The van der Waals surface area contributed by atoms with Crippen molar-refractivity contribution in [3.63, 3.8) is 0 Å². The monoisotopic (exact) mass is 368 g/mol. The Labute approximate surface area is 162 Å². The summed E-state index contributed by atoms with van der Waals surface area (Å²) in [5, 5.41) is 11.5. The fourth-order valence-electron chi connectivity index (χ4n) is 5.14. The largest absolute Gasteiger partial charge is 0.390 e. The highest BCUT2D eigenvalue weighted by atomic mass is 16.3. The second-order valence-corrected chi connectivity index (χ2v) is 8.28. The Hall–Kier alpha value is -1.69. The van der Waals surface area contributed by atoms with Crippen LogP contribution >= 0.6 is 0 Å². The quantitative estimate of drug-likeness (QED) is 0.823. The maximum atomic E-state index is 11.5. The van der Waals surface area contributed by atoms with Gasteiger partial charge in [-0.1, -0.05) is 37.6 Å². The molecule has 0 bridgehead atoms. The first-order valence-electron chi connectivity index (χ1n) is 10.3. The van der Waals surface area contributed by atoms with E-state index >= 15 is 0 Å². The van der Waals surface area contributed by atoms with E-state index in [0.717, 1.165) is 44.8 Å². The number of H-pyrrole nitrogens is 1. The van der Waals surface area contributed by atoms with Crippen molar-refractivity contribution in [1.82, 2.24) is 19.8 Å². The summed E-state index contributed by atoms with van der Waals surface area (Å²) >= 11 is 0. The number of likely N-dealkylation sites (N-methyl/N-ethyl adjacent to an activating group) is 1. The zero-order valence-corrected chi connectivity index (χ0v) is 16.6. The Morgan fingerprint density at radius 2 is 2.07 bits per heavy atom. The third-order valence-electron chi connectivity index (χ3n) is 6.70. The van der Waals surface area contributed by atoms with Gasteiger partial charge in [0.2, 0.25) is 0 Å². The molecular formula is C22H32N4O. The van der Waals surface area contributed by atoms with Gasteiger partial charge in [-0.15, -0.1) is 0 Å². The van der Waals surface area contributed by atoms with Gasteiger partial charge in [0.1, 0.15) is 5.82 Å². The number of unbranched alkanes of at least 4 members (excludes halogenated alkanes) is 1. The van der Waals surface area contributed by atoms with E-state index in [9.17, 15) is 5.11 Å². The van der Waals surface area contributed by atoms with Gasteiger partial charge in [-0.3, -0.25) is 9.80 Å². The zero-order chi connectivity index (χ0) is 18.9. The minimum atomic E-state index is -0.331. The van der Waals surface area contributed by atoms with Crippen molar-refractivity contribution < 1.29 is 5.11 Å². The normalized spacial score (nSPS) is 24.6. The van der Waals surface area contributed by atoms with Gasteiger partial charge in [-0.25, -0.2) is 4.98 Å². The van der Waals surface area contributed by atoms with Crippen molar-refractivity contribution >= 4 is 0 Å². The standard InChI is InChI=1S/C22H32N4O/c1-3-4-13-25(2)20-17-7-5-6-8-18(17)22(21(20)27)9-14-26(15-10-22)16-19-23-11-12-24-19/h5-8,11-12,20-21,27H,3-4,9-10,13-16H2,1-2H3,(H,23,24)/t20-,21+/m1/s1. The van der Waals surface area contributed by atoms with E-state index in [2.05, 4.69) is 58.0 Å². The maximum absolute atomic E-state index is 11.5. The molecule has 1 aliphatic heterocycles. The lowest BCUT2D eigenvalue weighted by Crippen LogP contribution is -2.49. The van der Waals surface area contributed by atoms with Gasteiger partial charge in [0, 0.05) is 17.8 Å². The number of benzene rings is 1. The number of imidazole rings is 1. The van der Waals surface area contributed by atoms with Gasteiger partial charge in [0.05, 0.1) is 18.7 Å². The third kappa shape index (κ3) is 3.33. The fraction of sp³-hybridized carbons (Fsp3) is 0.591. The molecule has 0 amide bonds. The number of rotatable bonds is 6. The number of hydrogen-bond acceptors (Lipinski definition) is 4. The molecule has 5 nitrogen and oxygen atoms in total. The van der Waals surface area contributed by atoms with E-state index in [1.807, 2.05) is 12.4 Å². The number of aromatic amines is 1. The molecule has 1 fully saturated rings. The number of aromatic nitrogens is 2. The molecular weight excluding hydrogens is 336 g/mol. The van der Waals surface area contributed by atoms with Crippen LogP contribution in [0.1, 0.15) is 55.6 Å². The zero-order valence-electron chi connectivity index (χ0n) is 16.6. The van der Waals surface area contributed by atoms with Crippen molar-refractivity contribution in [3.05, 3.63) is 53.6 Å². The highest BCUT2D eigenvalue weighted by Crippen LogP contribution is 2.52. The SMILES string of the molecule is CCCCN(C)[C@@H]1c2ccccc2C2(CCN(Cc3ncc[nH]3)CC2)[C@H]1O. The summed E-state index contributed by atoms with van der Waals surface area (Å²) in [7, 11) is 2.17. The Morgan fingerprint density at radius 1 is 1.30 bits per heavy atom. The van der Waals surface area contributed by atoms with Crippen molar-refractivity contribution in [1.29, 1.82) is 0 Å². The van der Waals surface area contributed by atoms with E-state index < -0.39 is 0 Å². The Balaban J connectivity index is 1.54. The average Bonchev–Trinajstić information content (AvgIpc) is 3.28. The summed E-state index contributed by atoms with van der Waals surface area (Å²) in [5.74, 6) is 1.02. The molecule has 5 heteroatoms. The summed E-state index contributed by atoms with van der Waals surface area (Å²) in [4.78, 5) is 12.4. The van der Waals surface area contributed by atoms with Crippen molar-refractivity contribution in [2.24, 2.45) is 0 Å². The Kier molecular flexibility index (Phi) is 5.35. The van der Waals surface area contributed by atoms with Crippen LogP contribution < -0.4 is 0 Å². The molecule has 1 aromatic heterocycles. The summed E-state index contributed by atoms with van der Waals surface area (Å²) < 4.78 is 0. The molecule has 2 heterocycles. The van der Waals surface area contributed by atoms with E-state index in [4.69, 9.17) is 0 Å². The van der Waals surface area contributed by atoms with Gasteiger partial charge in [-0.2, -0.15) is 0 Å². The van der Waals surface area contributed by atoms with E-state index in [1.54, 1.807) is 0 Å². The molecule has 0 unspecified atom stereocenters. The van der Waals surface area contributed by atoms with Crippen LogP contribution in [0.5, 0.6) is 0 Å². The smallest absolute Gasteiger partial charge is 0.120 e. The summed E-state index contributed by atoms with van der Waals surface area (Å²) in [6, 6.07) is 8.86. The lowest BCUT2D eigenvalue weighted by Gasteiger charge is -2.43. The van der Waals surface area contributed by atoms with Crippen LogP contribution in [-0.2, 0) is 12.0 Å². The number of aliphatic hydroxyl groups is 1. The summed E-state index contributed by atoms with van der Waals surface area (Å²) in [6.07, 6.45) is 7.73. The van der Waals surface area contributed by atoms with Gasteiger partial charge in [0.25, 0.3) is 0 Å².